The van der Waals surface area contributed by atoms with Crippen LogP contribution in [0.5, 0.6) is 0 Å². The van der Waals surface area contributed by atoms with Gasteiger partial charge in [-0.05, 0) is 13.0 Å². The van der Waals surface area contributed by atoms with Crippen LogP contribution in [0.4, 0.5) is 5.13 Å². The molecule has 2 aromatic carbocycles. The summed E-state index contributed by atoms with van der Waals surface area (Å²) in [5.41, 5.74) is 2.68. The van der Waals surface area contributed by atoms with Crippen LogP contribution in [-0.2, 0) is 11.3 Å². The SMILES string of the molecule is Cc1ccc(-c2csc(NC(=O)Cn3ncc4ccccc4c3=O)n2)cc1. The molecule has 1 N–H and O–H groups in total. The largest absolute Gasteiger partial charge is 0.300 e. The standard InChI is InChI=1S/C20H16N4O2S/c1-13-6-8-14(9-7-13)17-12-27-20(22-17)23-18(25)11-24-19(26)16-5-3-2-4-15(16)10-21-24/h2-10,12H,11H2,1H3,(H,22,23,25). The highest BCUT2D eigenvalue weighted by molar-refractivity contribution is 7.14. The first-order chi connectivity index (χ1) is 13.1. The maximum atomic E-state index is 12.4. The maximum Gasteiger partial charge on any atom is 0.275 e. The molecule has 0 spiro atoms. The molecule has 6 nitrogen and oxygen atoms in total. The van der Waals surface area contributed by atoms with E-state index in [1.807, 2.05) is 48.7 Å². The average molecular weight is 376 g/mol. The Morgan fingerprint density at radius 3 is 2.74 bits per heavy atom. The molecule has 0 radical (unpaired) electrons. The van der Waals surface area contributed by atoms with Crippen molar-refractivity contribution in [1.29, 1.82) is 0 Å². The van der Waals surface area contributed by atoms with Gasteiger partial charge in [0.15, 0.2) is 5.13 Å². The summed E-state index contributed by atoms with van der Waals surface area (Å²) in [6, 6.07) is 15.2. The molecule has 0 unspecified atom stereocenters. The van der Waals surface area contributed by atoms with E-state index in [2.05, 4.69) is 15.4 Å². The van der Waals surface area contributed by atoms with E-state index in [0.29, 0.717) is 10.5 Å². The zero-order chi connectivity index (χ0) is 18.8. The summed E-state index contributed by atoms with van der Waals surface area (Å²) in [6.07, 6.45) is 1.59. The molecule has 7 heteroatoms. The van der Waals surface area contributed by atoms with E-state index in [1.165, 1.54) is 16.9 Å². The molecule has 0 aliphatic heterocycles. The Labute approximate surface area is 159 Å². The van der Waals surface area contributed by atoms with Crippen molar-refractivity contribution in [2.24, 2.45) is 0 Å². The van der Waals surface area contributed by atoms with Gasteiger partial charge in [-0.25, -0.2) is 9.67 Å². The number of anilines is 1. The molecule has 0 fully saturated rings. The van der Waals surface area contributed by atoms with Gasteiger partial charge in [-0.15, -0.1) is 11.3 Å². The van der Waals surface area contributed by atoms with Crippen molar-refractivity contribution in [3.8, 4) is 11.3 Å². The highest BCUT2D eigenvalue weighted by Crippen LogP contribution is 2.25. The number of carbonyl (C=O) groups is 1. The number of benzene rings is 2. The number of hydrogen-bond donors (Lipinski definition) is 1. The fourth-order valence-corrected chi connectivity index (χ4v) is 3.46. The van der Waals surface area contributed by atoms with E-state index in [4.69, 9.17) is 0 Å². The minimum atomic E-state index is -0.343. The van der Waals surface area contributed by atoms with Crippen molar-refractivity contribution in [1.82, 2.24) is 14.8 Å². The van der Waals surface area contributed by atoms with Crippen molar-refractivity contribution in [3.05, 3.63) is 76.0 Å². The highest BCUT2D eigenvalue weighted by Gasteiger charge is 2.11. The topological polar surface area (TPSA) is 76.9 Å². The van der Waals surface area contributed by atoms with E-state index in [-0.39, 0.29) is 18.0 Å². The van der Waals surface area contributed by atoms with Crippen molar-refractivity contribution in [3.63, 3.8) is 0 Å². The lowest BCUT2D eigenvalue weighted by atomic mass is 10.1. The van der Waals surface area contributed by atoms with Gasteiger partial charge in [0.2, 0.25) is 5.91 Å². The lowest BCUT2D eigenvalue weighted by Crippen LogP contribution is -2.29. The molecule has 0 aliphatic carbocycles. The summed E-state index contributed by atoms with van der Waals surface area (Å²) in [5, 5.41) is 10.5. The molecule has 0 aliphatic rings. The van der Waals surface area contributed by atoms with Crippen molar-refractivity contribution in [2.45, 2.75) is 13.5 Å². The smallest absolute Gasteiger partial charge is 0.275 e. The zero-order valence-corrected chi connectivity index (χ0v) is 15.4. The zero-order valence-electron chi connectivity index (χ0n) is 14.5. The predicted octanol–water partition coefficient (Wildman–Crippen LogP) is 3.47. The fourth-order valence-electron chi connectivity index (χ4n) is 2.72. The Morgan fingerprint density at radius 2 is 1.93 bits per heavy atom. The normalized spacial score (nSPS) is 10.9. The summed E-state index contributed by atoms with van der Waals surface area (Å²) >= 11 is 1.34. The molecule has 134 valence electrons. The number of rotatable bonds is 4. The first kappa shape index (κ1) is 17.1. The number of nitrogens with zero attached hydrogens (tertiary/aromatic N) is 3. The van der Waals surface area contributed by atoms with E-state index in [1.54, 1.807) is 18.3 Å². The van der Waals surface area contributed by atoms with Crippen LogP contribution in [0.15, 0.2) is 64.9 Å². The Bertz CT molecular complexity index is 1180. The van der Waals surface area contributed by atoms with Gasteiger partial charge in [0, 0.05) is 16.3 Å². The third-order valence-electron chi connectivity index (χ3n) is 4.15. The molecule has 0 bridgehead atoms. The van der Waals surface area contributed by atoms with Crippen molar-refractivity contribution < 1.29 is 4.79 Å². The number of carbonyl (C=O) groups excluding carboxylic acids is 1. The van der Waals surface area contributed by atoms with Gasteiger partial charge in [-0.3, -0.25) is 9.59 Å². The molecular formula is C20H16N4O2S. The van der Waals surface area contributed by atoms with Crippen molar-refractivity contribution >= 4 is 33.1 Å². The summed E-state index contributed by atoms with van der Waals surface area (Å²) in [5.74, 6) is -0.343. The lowest BCUT2D eigenvalue weighted by Gasteiger charge is -2.05. The minimum Gasteiger partial charge on any atom is -0.300 e. The van der Waals surface area contributed by atoms with Crippen LogP contribution in [0.3, 0.4) is 0 Å². The second kappa shape index (κ2) is 7.13. The third kappa shape index (κ3) is 3.63. The van der Waals surface area contributed by atoms with E-state index in [0.717, 1.165) is 21.3 Å². The maximum absolute atomic E-state index is 12.4. The molecule has 0 saturated heterocycles. The van der Waals surface area contributed by atoms with Gasteiger partial charge in [-0.1, -0.05) is 48.0 Å². The first-order valence-electron chi connectivity index (χ1n) is 8.37. The fraction of sp³-hybridized carbons (Fsp3) is 0.100. The number of aryl methyl sites for hydroxylation is 1. The molecule has 2 heterocycles. The number of hydrogen-bond acceptors (Lipinski definition) is 5. The number of aromatic nitrogens is 3. The quantitative estimate of drug-likeness (QED) is 0.592. The van der Waals surface area contributed by atoms with Crippen LogP contribution < -0.4 is 10.9 Å². The van der Waals surface area contributed by atoms with Crippen LogP contribution in [0.2, 0.25) is 0 Å². The molecule has 1 amide bonds. The summed E-state index contributed by atoms with van der Waals surface area (Å²) in [6.45, 7) is 1.86. The summed E-state index contributed by atoms with van der Waals surface area (Å²) in [4.78, 5) is 29.2. The number of amides is 1. The van der Waals surface area contributed by atoms with Crippen LogP contribution in [0.25, 0.3) is 22.0 Å². The van der Waals surface area contributed by atoms with Crippen LogP contribution in [0, 0.1) is 6.92 Å². The Balaban J connectivity index is 1.49. The van der Waals surface area contributed by atoms with Gasteiger partial charge in [-0.2, -0.15) is 5.10 Å². The van der Waals surface area contributed by atoms with Crippen LogP contribution in [-0.4, -0.2) is 20.7 Å². The molecule has 0 atom stereocenters. The molecule has 0 saturated carbocycles. The van der Waals surface area contributed by atoms with Gasteiger partial charge in [0.1, 0.15) is 6.54 Å². The predicted molar refractivity (Wildman–Crippen MR) is 107 cm³/mol. The number of nitrogens with one attached hydrogen (secondary N) is 1. The molecule has 4 aromatic rings. The van der Waals surface area contributed by atoms with Crippen molar-refractivity contribution in [2.75, 3.05) is 5.32 Å². The summed E-state index contributed by atoms with van der Waals surface area (Å²) in [7, 11) is 0. The van der Waals surface area contributed by atoms with E-state index in [9.17, 15) is 9.59 Å². The Hall–Kier alpha value is -3.32. The second-order valence-corrected chi connectivity index (χ2v) is 7.00. The number of fused-ring (bicyclic) bond motifs is 1. The number of thiazole rings is 1. The summed E-state index contributed by atoms with van der Waals surface area (Å²) < 4.78 is 1.16. The van der Waals surface area contributed by atoms with E-state index < -0.39 is 0 Å². The minimum absolute atomic E-state index is 0.164. The molecule has 27 heavy (non-hydrogen) atoms. The molecule has 4 rings (SSSR count). The highest BCUT2D eigenvalue weighted by atomic mass is 32.1. The van der Waals surface area contributed by atoms with E-state index >= 15 is 0 Å². The van der Waals surface area contributed by atoms with Crippen LogP contribution in [0.1, 0.15) is 5.56 Å². The molecular weight excluding hydrogens is 360 g/mol. The van der Waals surface area contributed by atoms with Gasteiger partial charge >= 0.3 is 0 Å². The molecule has 2 aromatic heterocycles. The van der Waals surface area contributed by atoms with Gasteiger partial charge in [0.05, 0.1) is 17.3 Å². The first-order valence-corrected chi connectivity index (χ1v) is 9.25. The third-order valence-corrected chi connectivity index (χ3v) is 4.91. The second-order valence-electron chi connectivity index (χ2n) is 6.15. The van der Waals surface area contributed by atoms with Gasteiger partial charge < -0.3 is 5.32 Å². The Kier molecular flexibility index (Phi) is 4.52. The van der Waals surface area contributed by atoms with Crippen LogP contribution >= 0.6 is 11.3 Å². The lowest BCUT2D eigenvalue weighted by molar-refractivity contribution is -0.117. The monoisotopic (exact) mass is 376 g/mol. The average Bonchev–Trinajstić information content (AvgIpc) is 3.13. The van der Waals surface area contributed by atoms with Gasteiger partial charge in [0.25, 0.3) is 5.56 Å². The Morgan fingerprint density at radius 1 is 1.15 bits per heavy atom.